The lowest BCUT2D eigenvalue weighted by atomic mass is 10.0. The van der Waals surface area contributed by atoms with E-state index in [9.17, 15) is 9.59 Å². The second kappa shape index (κ2) is 4.72. The van der Waals surface area contributed by atoms with Gasteiger partial charge in [0.2, 0.25) is 6.41 Å². The lowest BCUT2D eigenvalue weighted by Crippen LogP contribution is -2.48. The number of likely N-dealkylation sites (N-methyl/N-ethyl adjacent to an activating group) is 1. The van der Waals surface area contributed by atoms with Crippen LogP contribution in [0.15, 0.2) is 0 Å². The fraction of sp³-hybridized carbons (Fsp3) is 0.571. The van der Waals surface area contributed by atoms with Crippen LogP contribution < -0.4 is 5.32 Å². The van der Waals surface area contributed by atoms with Gasteiger partial charge in [-0.3, -0.25) is 9.59 Å². The van der Waals surface area contributed by atoms with Crippen molar-refractivity contribution in [1.82, 2.24) is 0 Å². The first kappa shape index (κ1) is 12.8. The van der Waals surface area contributed by atoms with Crippen molar-refractivity contribution in [2.24, 2.45) is 5.92 Å². The second-order valence-electron chi connectivity index (χ2n) is 6.00. The molecule has 1 saturated carbocycles. The maximum absolute atomic E-state index is 11.2. The van der Waals surface area contributed by atoms with Crippen LogP contribution in [0.1, 0.15) is 33.6 Å². The minimum atomic E-state index is 0.655. The average Bonchev–Trinajstić information content (AvgIpc) is 3.09. The van der Waals surface area contributed by atoms with Gasteiger partial charge in [-0.1, -0.05) is 0 Å². The molecule has 4 nitrogen and oxygen atoms in total. The quantitative estimate of drug-likeness (QED) is 0.662. The Morgan fingerprint density at radius 1 is 1.42 bits per heavy atom. The first-order chi connectivity index (χ1) is 9.15. The minimum absolute atomic E-state index is 0.655. The van der Waals surface area contributed by atoms with Gasteiger partial charge in [0.15, 0.2) is 6.29 Å². The molecule has 1 aliphatic heterocycles. The van der Waals surface area contributed by atoms with E-state index in [4.69, 9.17) is 0 Å². The molecule has 3 rings (SSSR count). The van der Waals surface area contributed by atoms with Gasteiger partial charge in [-0.15, -0.1) is 11.3 Å². The van der Waals surface area contributed by atoms with E-state index in [0.29, 0.717) is 12.0 Å². The molecule has 1 N–H and O–H groups in total. The number of thiophene rings is 1. The Morgan fingerprint density at radius 2 is 2.21 bits per heavy atom. The molecule has 0 spiro atoms. The number of hydrogen-bond acceptors (Lipinski definition) is 3. The predicted octanol–water partition coefficient (Wildman–Crippen LogP) is 2.04. The molecule has 102 valence electrons. The molecule has 2 heterocycles. The molecule has 2 aliphatic rings. The summed E-state index contributed by atoms with van der Waals surface area (Å²) in [6, 6.07) is 0. The fourth-order valence-electron chi connectivity index (χ4n) is 3.10. The van der Waals surface area contributed by atoms with E-state index >= 15 is 0 Å². The van der Waals surface area contributed by atoms with Crippen molar-refractivity contribution in [3.63, 3.8) is 0 Å². The van der Waals surface area contributed by atoms with Crippen LogP contribution >= 0.6 is 11.3 Å². The fourth-order valence-corrected chi connectivity index (χ4v) is 4.45. The van der Waals surface area contributed by atoms with E-state index in [-0.39, 0.29) is 0 Å². The summed E-state index contributed by atoms with van der Waals surface area (Å²) in [6.45, 7) is 3.35. The van der Waals surface area contributed by atoms with Crippen molar-refractivity contribution < 1.29 is 14.1 Å². The Bertz CT molecular complexity index is 522. The molecule has 0 aromatic carbocycles. The van der Waals surface area contributed by atoms with E-state index in [0.717, 1.165) is 46.8 Å². The first-order valence-electron chi connectivity index (χ1n) is 6.78. The van der Waals surface area contributed by atoms with Gasteiger partial charge in [0, 0.05) is 12.3 Å². The third kappa shape index (κ3) is 2.44. The van der Waals surface area contributed by atoms with Gasteiger partial charge < -0.3 is 9.80 Å². The zero-order chi connectivity index (χ0) is 13.5. The van der Waals surface area contributed by atoms with Gasteiger partial charge in [-0.2, -0.15) is 0 Å². The maximum atomic E-state index is 11.2. The maximum Gasteiger partial charge on any atom is 0.212 e. The molecule has 0 bridgehead atoms. The highest BCUT2D eigenvalue weighted by Crippen LogP contribution is 2.40. The van der Waals surface area contributed by atoms with E-state index in [2.05, 4.69) is 12.4 Å². The monoisotopic (exact) mass is 279 g/mol. The number of nitrogens with zero attached hydrogens (tertiary/aromatic N) is 1. The van der Waals surface area contributed by atoms with E-state index in [1.165, 1.54) is 24.3 Å². The number of anilines is 1. The summed E-state index contributed by atoms with van der Waals surface area (Å²) in [7, 11) is 2.31. The van der Waals surface area contributed by atoms with Crippen molar-refractivity contribution in [3.05, 3.63) is 16.0 Å². The van der Waals surface area contributed by atoms with Gasteiger partial charge in [0.05, 0.1) is 30.6 Å². The first-order valence-corrected chi connectivity index (χ1v) is 7.60. The SMILES string of the molecule is C[N+]1(CC2CC2)CCc2c(sc(NC=O)c2C=O)C1. The number of nitrogens with one attached hydrogen (secondary N) is 1. The lowest BCUT2D eigenvalue weighted by Gasteiger charge is -2.37. The molecular formula is C14H19N2O2S+. The average molecular weight is 279 g/mol. The third-order valence-corrected chi connectivity index (χ3v) is 5.43. The van der Waals surface area contributed by atoms with Crippen molar-refractivity contribution in [2.75, 3.05) is 25.5 Å². The standard InChI is InChI=1S/C14H18N2O2S/c1-16(6-10-2-3-10)5-4-11-12(8-17)14(15-9-18)19-13(11)7-16/h8-10H,2-7H2,1H3/p+1. The normalized spacial score (nSPS) is 25.7. The molecule has 1 fully saturated rings. The number of amides is 1. The van der Waals surface area contributed by atoms with Crippen molar-refractivity contribution in [1.29, 1.82) is 0 Å². The predicted molar refractivity (Wildman–Crippen MR) is 75.4 cm³/mol. The van der Waals surface area contributed by atoms with Gasteiger partial charge in [0.1, 0.15) is 11.5 Å². The molecule has 1 atom stereocenters. The van der Waals surface area contributed by atoms with Crippen LogP contribution in [0.4, 0.5) is 5.00 Å². The number of hydrogen-bond donors (Lipinski definition) is 1. The molecule has 1 aliphatic carbocycles. The Morgan fingerprint density at radius 3 is 2.84 bits per heavy atom. The van der Waals surface area contributed by atoms with Crippen molar-refractivity contribution in [3.8, 4) is 0 Å². The molecule has 0 radical (unpaired) electrons. The summed E-state index contributed by atoms with van der Waals surface area (Å²) in [5.41, 5.74) is 1.86. The highest BCUT2D eigenvalue weighted by Gasteiger charge is 2.37. The van der Waals surface area contributed by atoms with Crippen LogP contribution in [-0.4, -0.2) is 37.3 Å². The molecule has 19 heavy (non-hydrogen) atoms. The van der Waals surface area contributed by atoms with Crippen LogP contribution in [-0.2, 0) is 17.8 Å². The lowest BCUT2D eigenvalue weighted by molar-refractivity contribution is -0.925. The van der Waals surface area contributed by atoms with E-state index in [1.807, 2.05) is 0 Å². The Labute approximate surface area is 117 Å². The number of quaternary nitrogens is 1. The largest absolute Gasteiger partial charge is 0.321 e. The van der Waals surface area contributed by atoms with E-state index in [1.54, 1.807) is 11.3 Å². The van der Waals surface area contributed by atoms with Gasteiger partial charge in [-0.05, 0) is 18.4 Å². The van der Waals surface area contributed by atoms with E-state index < -0.39 is 0 Å². The summed E-state index contributed by atoms with van der Waals surface area (Å²) in [5.74, 6) is 0.907. The van der Waals surface area contributed by atoms with Crippen molar-refractivity contribution >= 4 is 29.0 Å². The van der Waals surface area contributed by atoms with Gasteiger partial charge >= 0.3 is 0 Å². The van der Waals surface area contributed by atoms with Crippen LogP contribution in [0, 0.1) is 5.92 Å². The molecule has 1 aromatic heterocycles. The highest BCUT2D eigenvalue weighted by atomic mass is 32.1. The molecule has 0 saturated heterocycles. The number of carbonyl (C=O) groups excluding carboxylic acids is 2. The Kier molecular flexibility index (Phi) is 3.19. The summed E-state index contributed by atoms with van der Waals surface area (Å²) >= 11 is 1.57. The van der Waals surface area contributed by atoms with Crippen LogP contribution in [0.5, 0.6) is 0 Å². The topological polar surface area (TPSA) is 46.2 Å². The summed E-state index contributed by atoms with van der Waals surface area (Å²) in [4.78, 5) is 23.1. The number of fused-ring (bicyclic) bond motifs is 1. The summed E-state index contributed by atoms with van der Waals surface area (Å²) < 4.78 is 1.08. The second-order valence-corrected chi connectivity index (χ2v) is 7.11. The molecule has 1 amide bonds. The molecule has 5 heteroatoms. The summed E-state index contributed by atoms with van der Waals surface area (Å²) in [5, 5.41) is 3.38. The van der Waals surface area contributed by atoms with Gasteiger partial charge in [0.25, 0.3) is 0 Å². The van der Waals surface area contributed by atoms with Gasteiger partial charge in [-0.25, -0.2) is 0 Å². The Balaban J connectivity index is 1.87. The number of carbonyl (C=O) groups is 2. The number of rotatable bonds is 5. The zero-order valence-electron chi connectivity index (χ0n) is 11.1. The molecule has 1 unspecified atom stereocenters. The highest BCUT2D eigenvalue weighted by molar-refractivity contribution is 7.16. The third-order valence-electron chi connectivity index (χ3n) is 4.26. The smallest absolute Gasteiger partial charge is 0.212 e. The Hall–Kier alpha value is -1.20. The van der Waals surface area contributed by atoms with Crippen LogP contribution in [0.3, 0.4) is 0 Å². The number of aldehydes is 1. The molecule has 1 aromatic rings. The minimum Gasteiger partial charge on any atom is -0.321 e. The van der Waals surface area contributed by atoms with Crippen LogP contribution in [0.25, 0.3) is 0 Å². The van der Waals surface area contributed by atoms with Crippen LogP contribution in [0.2, 0.25) is 0 Å². The summed E-state index contributed by atoms with van der Waals surface area (Å²) in [6.07, 6.45) is 5.25. The zero-order valence-corrected chi connectivity index (χ0v) is 12.0. The molecular weight excluding hydrogens is 260 g/mol. The van der Waals surface area contributed by atoms with Crippen molar-refractivity contribution in [2.45, 2.75) is 25.8 Å².